The maximum Gasteiger partial charge on any atom is 0.163 e. The van der Waals surface area contributed by atoms with Crippen LogP contribution in [0.15, 0.2) is 0 Å². The molecule has 5 nitrogen and oxygen atoms in total. The van der Waals surface area contributed by atoms with E-state index in [2.05, 4.69) is 0 Å². The molecule has 16 heavy (non-hydrogen) atoms. The van der Waals surface area contributed by atoms with E-state index in [1.807, 2.05) is 13.8 Å². The minimum absolute atomic E-state index is 0.109. The first kappa shape index (κ1) is 12.3. The molecule has 5 heteroatoms. The van der Waals surface area contributed by atoms with E-state index in [4.69, 9.17) is 9.47 Å². The summed E-state index contributed by atoms with van der Waals surface area (Å²) >= 11 is 0. The van der Waals surface area contributed by atoms with E-state index in [0.29, 0.717) is 13.0 Å². The highest BCUT2D eigenvalue weighted by molar-refractivity contribution is 5.05. The van der Waals surface area contributed by atoms with E-state index < -0.39 is 17.5 Å². The van der Waals surface area contributed by atoms with Gasteiger partial charge in [0.15, 0.2) is 5.79 Å². The maximum atomic E-state index is 9.88. The Labute approximate surface area is 95.0 Å². The quantitative estimate of drug-likeness (QED) is 0.597. The molecule has 0 unspecified atom stereocenters. The number of hydrogen-bond donors (Lipinski definition) is 3. The zero-order valence-electron chi connectivity index (χ0n) is 9.72. The Balaban J connectivity index is 2.22. The average Bonchev–Trinajstić information content (AvgIpc) is 2.63. The van der Waals surface area contributed by atoms with Gasteiger partial charge in [-0.3, -0.25) is 0 Å². The first-order valence-electron chi connectivity index (χ1n) is 5.68. The Morgan fingerprint density at radius 3 is 2.38 bits per heavy atom. The Hall–Kier alpha value is -0.200. The van der Waals surface area contributed by atoms with Crippen molar-refractivity contribution in [2.24, 2.45) is 11.8 Å². The van der Waals surface area contributed by atoms with Gasteiger partial charge in [-0.25, -0.2) is 0 Å². The standard InChI is InChI=1S/C11H20O5/c1-10(2)15-6-11(16-10)3-9(14)7(4-12)8(11)5-13/h7-9,12-14H,3-6H2,1-2H3/t7-,8+,9-,11-/m1/s1. The van der Waals surface area contributed by atoms with Gasteiger partial charge >= 0.3 is 0 Å². The topological polar surface area (TPSA) is 79.2 Å². The van der Waals surface area contributed by atoms with Crippen LogP contribution in [0.2, 0.25) is 0 Å². The van der Waals surface area contributed by atoms with E-state index in [9.17, 15) is 15.3 Å². The lowest BCUT2D eigenvalue weighted by Crippen LogP contribution is -2.42. The molecular weight excluding hydrogens is 212 g/mol. The molecule has 1 spiro atoms. The average molecular weight is 232 g/mol. The van der Waals surface area contributed by atoms with Crippen molar-refractivity contribution in [1.82, 2.24) is 0 Å². The van der Waals surface area contributed by atoms with E-state index in [-0.39, 0.29) is 25.0 Å². The van der Waals surface area contributed by atoms with Crippen molar-refractivity contribution in [2.45, 2.75) is 37.8 Å². The third kappa shape index (κ3) is 1.76. The molecule has 0 aromatic rings. The Bertz CT molecular complexity index is 267. The summed E-state index contributed by atoms with van der Waals surface area (Å²) in [6.45, 7) is 3.74. The number of rotatable bonds is 2. The summed E-state index contributed by atoms with van der Waals surface area (Å²) in [6, 6.07) is 0. The molecule has 2 fully saturated rings. The highest BCUT2D eigenvalue weighted by atomic mass is 16.8. The second kappa shape index (κ2) is 3.92. The van der Waals surface area contributed by atoms with Crippen LogP contribution in [0, 0.1) is 11.8 Å². The number of aliphatic hydroxyl groups is 3. The SMILES string of the molecule is CC1(C)OC[C@@]2(C[C@@H](O)[C@H](CO)[C@@H]2CO)O1. The molecule has 3 N–H and O–H groups in total. The molecule has 1 saturated heterocycles. The molecular formula is C11H20O5. The molecule has 1 heterocycles. The molecule has 0 aromatic heterocycles. The summed E-state index contributed by atoms with van der Waals surface area (Å²) in [5.41, 5.74) is -0.648. The fourth-order valence-electron chi connectivity index (χ4n) is 2.99. The summed E-state index contributed by atoms with van der Waals surface area (Å²) in [5.74, 6) is -1.28. The second-order valence-corrected chi connectivity index (χ2v) is 5.26. The van der Waals surface area contributed by atoms with Crippen LogP contribution >= 0.6 is 0 Å². The van der Waals surface area contributed by atoms with Crippen LogP contribution < -0.4 is 0 Å². The first-order chi connectivity index (χ1) is 7.44. The van der Waals surface area contributed by atoms with Crippen molar-refractivity contribution >= 4 is 0 Å². The minimum atomic E-state index is -0.683. The van der Waals surface area contributed by atoms with Crippen molar-refractivity contribution in [2.75, 3.05) is 19.8 Å². The van der Waals surface area contributed by atoms with Crippen LogP contribution in [0.3, 0.4) is 0 Å². The number of ether oxygens (including phenoxy) is 2. The van der Waals surface area contributed by atoms with Crippen LogP contribution in [0.25, 0.3) is 0 Å². The summed E-state index contributed by atoms with van der Waals surface area (Å²) in [7, 11) is 0. The minimum Gasteiger partial charge on any atom is -0.396 e. The lowest BCUT2D eigenvalue weighted by molar-refractivity contribution is -0.173. The van der Waals surface area contributed by atoms with E-state index in [1.54, 1.807) is 0 Å². The van der Waals surface area contributed by atoms with Gasteiger partial charge in [0.1, 0.15) is 5.60 Å². The largest absolute Gasteiger partial charge is 0.396 e. The maximum absolute atomic E-state index is 9.88. The van der Waals surface area contributed by atoms with E-state index in [1.165, 1.54) is 0 Å². The molecule has 0 aromatic carbocycles. The highest BCUT2D eigenvalue weighted by Crippen LogP contribution is 2.48. The lowest BCUT2D eigenvalue weighted by Gasteiger charge is -2.31. The molecule has 2 rings (SSSR count). The predicted molar refractivity (Wildman–Crippen MR) is 55.6 cm³/mol. The van der Waals surface area contributed by atoms with Gasteiger partial charge in [-0.15, -0.1) is 0 Å². The van der Waals surface area contributed by atoms with Crippen molar-refractivity contribution in [3.8, 4) is 0 Å². The van der Waals surface area contributed by atoms with Gasteiger partial charge in [0.25, 0.3) is 0 Å². The van der Waals surface area contributed by atoms with Crippen LogP contribution in [-0.2, 0) is 9.47 Å². The van der Waals surface area contributed by atoms with Gasteiger partial charge in [-0.05, 0) is 13.8 Å². The van der Waals surface area contributed by atoms with Gasteiger partial charge < -0.3 is 24.8 Å². The van der Waals surface area contributed by atoms with Gasteiger partial charge in [0.05, 0.1) is 12.7 Å². The molecule has 1 aliphatic heterocycles. The third-order valence-corrected chi connectivity index (χ3v) is 3.76. The second-order valence-electron chi connectivity index (χ2n) is 5.26. The molecule has 1 saturated carbocycles. The highest BCUT2D eigenvalue weighted by Gasteiger charge is 2.59. The summed E-state index contributed by atoms with van der Waals surface area (Å²) in [4.78, 5) is 0. The van der Waals surface area contributed by atoms with Crippen LogP contribution in [0.5, 0.6) is 0 Å². The van der Waals surface area contributed by atoms with Crippen LogP contribution in [0.4, 0.5) is 0 Å². The normalized spacial score (nSPS) is 46.7. The molecule has 0 amide bonds. The molecule has 4 atom stereocenters. The van der Waals surface area contributed by atoms with Gasteiger partial charge in [0, 0.05) is 31.5 Å². The van der Waals surface area contributed by atoms with Gasteiger partial charge in [-0.1, -0.05) is 0 Å². The summed E-state index contributed by atoms with van der Waals surface area (Å²) < 4.78 is 11.4. The van der Waals surface area contributed by atoms with E-state index in [0.717, 1.165) is 0 Å². The Morgan fingerprint density at radius 1 is 1.25 bits per heavy atom. The Kier molecular flexibility index (Phi) is 3.01. The first-order valence-corrected chi connectivity index (χ1v) is 5.68. The number of aliphatic hydroxyl groups excluding tert-OH is 3. The zero-order valence-corrected chi connectivity index (χ0v) is 9.72. The van der Waals surface area contributed by atoms with Crippen molar-refractivity contribution in [3.63, 3.8) is 0 Å². The van der Waals surface area contributed by atoms with Gasteiger partial charge in [0.2, 0.25) is 0 Å². The fraction of sp³-hybridized carbons (Fsp3) is 1.00. The third-order valence-electron chi connectivity index (χ3n) is 3.76. The fourth-order valence-corrected chi connectivity index (χ4v) is 2.99. The molecule has 1 aliphatic carbocycles. The van der Waals surface area contributed by atoms with Crippen LogP contribution in [-0.4, -0.2) is 52.6 Å². The summed E-state index contributed by atoms with van der Waals surface area (Å²) in [6.07, 6.45) is -0.230. The smallest absolute Gasteiger partial charge is 0.163 e. The molecule has 0 bridgehead atoms. The lowest BCUT2D eigenvalue weighted by atomic mass is 9.87. The van der Waals surface area contributed by atoms with Crippen molar-refractivity contribution in [1.29, 1.82) is 0 Å². The predicted octanol–water partition coefficient (Wildman–Crippen LogP) is -0.510. The zero-order chi connectivity index (χ0) is 12.0. The van der Waals surface area contributed by atoms with Crippen LogP contribution in [0.1, 0.15) is 20.3 Å². The van der Waals surface area contributed by atoms with Crippen molar-refractivity contribution in [3.05, 3.63) is 0 Å². The molecule has 0 radical (unpaired) electrons. The Morgan fingerprint density at radius 2 is 1.94 bits per heavy atom. The van der Waals surface area contributed by atoms with Crippen molar-refractivity contribution < 1.29 is 24.8 Å². The number of hydrogen-bond acceptors (Lipinski definition) is 5. The monoisotopic (exact) mass is 232 g/mol. The van der Waals surface area contributed by atoms with E-state index >= 15 is 0 Å². The summed E-state index contributed by atoms with van der Waals surface area (Å²) in [5, 5.41) is 28.5. The molecule has 94 valence electrons. The van der Waals surface area contributed by atoms with Gasteiger partial charge in [-0.2, -0.15) is 0 Å². The molecule has 2 aliphatic rings.